The molecular formula is C10H13N3O2. The molecule has 2 rings (SSSR count). The van der Waals surface area contributed by atoms with E-state index < -0.39 is 5.54 Å². The van der Waals surface area contributed by atoms with Crippen LogP contribution in [-0.4, -0.2) is 42.1 Å². The van der Waals surface area contributed by atoms with Crippen molar-refractivity contribution >= 4 is 11.9 Å². The fourth-order valence-electron chi connectivity index (χ4n) is 2.09. The van der Waals surface area contributed by atoms with Gasteiger partial charge in [-0.3, -0.25) is 4.90 Å². The van der Waals surface area contributed by atoms with Crippen molar-refractivity contribution in [3.05, 3.63) is 0 Å². The SMILES string of the molecule is C#CCN1C(=O)N=C(N)C12CCCOC2. The number of hydrogen-bond acceptors (Lipinski definition) is 3. The van der Waals surface area contributed by atoms with E-state index in [1.807, 2.05) is 0 Å². The lowest BCUT2D eigenvalue weighted by Crippen LogP contribution is -2.59. The van der Waals surface area contributed by atoms with Crippen LogP contribution in [0.25, 0.3) is 0 Å². The smallest absolute Gasteiger partial charge is 0.347 e. The Hall–Kier alpha value is -1.54. The molecule has 2 aliphatic heterocycles. The van der Waals surface area contributed by atoms with Gasteiger partial charge in [0.05, 0.1) is 13.2 Å². The van der Waals surface area contributed by atoms with Crippen LogP contribution in [0, 0.1) is 12.3 Å². The molecular weight excluding hydrogens is 194 g/mol. The lowest BCUT2D eigenvalue weighted by atomic mass is 9.90. The zero-order valence-corrected chi connectivity index (χ0v) is 8.40. The predicted molar refractivity (Wildman–Crippen MR) is 55.3 cm³/mol. The maximum absolute atomic E-state index is 11.6. The molecule has 0 aromatic heterocycles. The lowest BCUT2D eigenvalue weighted by molar-refractivity contribution is 0.0139. The largest absolute Gasteiger partial charge is 0.385 e. The van der Waals surface area contributed by atoms with E-state index in [9.17, 15) is 4.79 Å². The highest BCUT2D eigenvalue weighted by molar-refractivity contribution is 6.06. The van der Waals surface area contributed by atoms with E-state index in [-0.39, 0.29) is 12.6 Å². The number of nitrogens with two attached hydrogens (primary N) is 1. The van der Waals surface area contributed by atoms with Crippen molar-refractivity contribution in [2.24, 2.45) is 10.7 Å². The minimum atomic E-state index is -0.582. The van der Waals surface area contributed by atoms with Crippen molar-refractivity contribution in [1.29, 1.82) is 0 Å². The number of carbonyl (C=O) groups is 1. The van der Waals surface area contributed by atoms with Gasteiger partial charge in [0.15, 0.2) is 0 Å². The number of hydrogen-bond donors (Lipinski definition) is 1. The summed E-state index contributed by atoms with van der Waals surface area (Å²) in [6, 6.07) is -0.351. The molecule has 1 spiro atoms. The Bertz CT molecular complexity index is 350. The van der Waals surface area contributed by atoms with Gasteiger partial charge in [0.1, 0.15) is 11.4 Å². The molecule has 1 unspecified atom stereocenters. The van der Waals surface area contributed by atoms with Crippen molar-refractivity contribution in [2.75, 3.05) is 19.8 Å². The molecule has 2 N–H and O–H groups in total. The molecule has 1 fully saturated rings. The van der Waals surface area contributed by atoms with Gasteiger partial charge in [0, 0.05) is 6.61 Å². The third-order valence-corrected chi connectivity index (χ3v) is 2.91. The molecule has 0 bridgehead atoms. The van der Waals surface area contributed by atoms with Crippen molar-refractivity contribution in [2.45, 2.75) is 18.4 Å². The average Bonchev–Trinajstić information content (AvgIpc) is 2.45. The van der Waals surface area contributed by atoms with Gasteiger partial charge >= 0.3 is 6.03 Å². The third kappa shape index (κ3) is 1.38. The number of aliphatic imine (C=N–C) groups is 1. The second kappa shape index (κ2) is 3.55. The first-order valence-corrected chi connectivity index (χ1v) is 4.88. The van der Waals surface area contributed by atoms with Crippen LogP contribution in [0.15, 0.2) is 4.99 Å². The zero-order valence-electron chi connectivity index (χ0n) is 8.40. The van der Waals surface area contributed by atoms with E-state index in [2.05, 4.69) is 10.9 Å². The summed E-state index contributed by atoms with van der Waals surface area (Å²) in [5, 5.41) is 0. The van der Waals surface area contributed by atoms with Gasteiger partial charge in [-0.15, -0.1) is 6.42 Å². The zero-order chi connectivity index (χ0) is 10.9. The number of terminal acetylenes is 1. The molecule has 2 heterocycles. The fourth-order valence-corrected chi connectivity index (χ4v) is 2.09. The van der Waals surface area contributed by atoms with Gasteiger partial charge in [-0.2, -0.15) is 4.99 Å². The Morgan fingerprint density at radius 2 is 2.53 bits per heavy atom. The first-order chi connectivity index (χ1) is 7.20. The second-order valence-electron chi connectivity index (χ2n) is 3.76. The van der Waals surface area contributed by atoms with Gasteiger partial charge in [0.2, 0.25) is 0 Å². The minimum Gasteiger partial charge on any atom is -0.385 e. The molecule has 5 nitrogen and oxygen atoms in total. The van der Waals surface area contributed by atoms with Crippen LogP contribution in [0.1, 0.15) is 12.8 Å². The van der Waals surface area contributed by atoms with Crippen molar-refractivity contribution < 1.29 is 9.53 Å². The van der Waals surface area contributed by atoms with Crippen LogP contribution >= 0.6 is 0 Å². The number of carbonyl (C=O) groups excluding carboxylic acids is 1. The van der Waals surface area contributed by atoms with Gasteiger partial charge in [0.25, 0.3) is 0 Å². The third-order valence-electron chi connectivity index (χ3n) is 2.91. The highest BCUT2D eigenvalue weighted by Gasteiger charge is 2.49. The summed E-state index contributed by atoms with van der Waals surface area (Å²) in [4.78, 5) is 16.9. The molecule has 5 heteroatoms. The van der Waals surface area contributed by atoms with Crippen molar-refractivity contribution in [3.63, 3.8) is 0 Å². The number of amides is 2. The highest BCUT2D eigenvalue weighted by atomic mass is 16.5. The van der Waals surface area contributed by atoms with Gasteiger partial charge < -0.3 is 10.5 Å². The Balaban J connectivity index is 2.30. The summed E-state index contributed by atoms with van der Waals surface area (Å²) in [6.45, 7) is 1.33. The Kier molecular flexibility index (Phi) is 2.37. The molecule has 80 valence electrons. The average molecular weight is 207 g/mol. The van der Waals surface area contributed by atoms with E-state index in [1.54, 1.807) is 0 Å². The summed E-state index contributed by atoms with van der Waals surface area (Å²) in [7, 11) is 0. The maximum atomic E-state index is 11.6. The van der Waals surface area contributed by atoms with Gasteiger partial charge in [-0.1, -0.05) is 5.92 Å². The second-order valence-corrected chi connectivity index (χ2v) is 3.76. The summed E-state index contributed by atoms with van der Waals surface area (Å²) in [6.07, 6.45) is 6.87. The number of ether oxygens (including phenoxy) is 1. The molecule has 15 heavy (non-hydrogen) atoms. The first kappa shape index (κ1) is 9.99. The molecule has 2 aliphatic rings. The van der Waals surface area contributed by atoms with E-state index in [1.165, 1.54) is 4.90 Å². The molecule has 0 saturated carbocycles. The molecule has 0 aromatic rings. The minimum absolute atomic E-state index is 0.229. The molecule has 2 amide bonds. The van der Waals surface area contributed by atoms with Crippen LogP contribution in [0.5, 0.6) is 0 Å². The van der Waals surface area contributed by atoms with Crippen LogP contribution in [0.2, 0.25) is 0 Å². The number of amidine groups is 1. The summed E-state index contributed by atoms with van der Waals surface area (Å²) >= 11 is 0. The van der Waals surface area contributed by atoms with E-state index >= 15 is 0 Å². The number of urea groups is 1. The normalized spacial score (nSPS) is 30.5. The Morgan fingerprint density at radius 3 is 3.13 bits per heavy atom. The van der Waals surface area contributed by atoms with Crippen molar-refractivity contribution in [1.82, 2.24) is 4.90 Å². The molecule has 1 atom stereocenters. The monoisotopic (exact) mass is 207 g/mol. The molecule has 0 aromatic carbocycles. The standard InChI is InChI=1S/C10H13N3O2/c1-2-5-13-9(14)12-8(11)10(13)4-3-6-15-7-10/h1H,3-7H2,(H2,11,12,14). The highest BCUT2D eigenvalue weighted by Crippen LogP contribution is 2.31. The number of rotatable bonds is 1. The lowest BCUT2D eigenvalue weighted by Gasteiger charge is -2.39. The quantitative estimate of drug-likeness (QED) is 0.613. The van der Waals surface area contributed by atoms with Crippen LogP contribution in [0.4, 0.5) is 4.79 Å². The van der Waals surface area contributed by atoms with Crippen LogP contribution < -0.4 is 5.73 Å². The Morgan fingerprint density at radius 1 is 1.73 bits per heavy atom. The van der Waals surface area contributed by atoms with Gasteiger partial charge in [-0.25, -0.2) is 4.79 Å². The fraction of sp³-hybridized carbons (Fsp3) is 0.600. The summed E-state index contributed by atoms with van der Waals surface area (Å²) < 4.78 is 5.38. The van der Waals surface area contributed by atoms with Gasteiger partial charge in [-0.05, 0) is 12.8 Å². The number of nitrogens with zero attached hydrogens (tertiary/aromatic N) is 2. The maximum Gasteiger partial charge on any atom is 0.347 e. The van der Waals surface area contributed by atoms with Crippen LogP contribution in [-0.2, 0) is 4.74 Å². The topological polar surface area (TPSA) is 67.9 Å². The van der Waals surface area contributed by atoms with E-state index in [0.29, 0.717) is 19.0 Å². The van der Waals surface area contributed by atoms with Crippen molar-refractivity contribution in [3.8, 4) is 12.3 Å². The first-order valence-electron chi connectivity index (χ1n) is 4.88. The summed E-state index contributed by atoms with van der Waals surface area (Å²) in [5.41, 5.74) is 5.21. The van der Waals surface area contributed by atoms with E-state index in [0.717, 1.165) is 12.8 Å². The van der Waals surface area contributed by atoms with E-state index in [4.69, 9.17) is 16.9 Å². The molecule has 0 radical (unpaired) electrons. The molecule has 0 aliphatic carbocycles. The molecule has 1 saturated heterocycles. The Labute approximate surface area is 88.3 Å². The van der Waals surface area contributed by atoms with Crippen LogP contribution in [0.3, 0.4) is 0 Å². The predicted octanol–water partition coefficient (Wildman–Crippen LogP) is -0.0384. The summed E-state index contributed by atoms with van der Waals surface area (Å²) in [5.74, 6) is 2.79.